The number of halogens is 1. The minimum atomic E-state index is -1.21. The highest BCUT2D eigenvalue weighted by Crippen LogP contribution is 2.35. The second-order valence-corrected chi connectivity index (χ2v) is 8.52. The Labute approximate surface area is 226 Å². The number of nitrogens with zero attached hydrogens (tertiary/aromatic N) is 1. The standard InChI is InChI=1S/C27H21IN2O7/c1-3-36-23-14-16(12-18(15-29)25(31)30-22-7-5-4-6-20(22)26(32)33)13-21(28)24(23)37-27(34)17-8-10-19(35-2)11-9-17/h4-14H,3H2,1-2H3,(H,30,31)(H,32,33)/b18-12+. The highest BCUT2D eigenvalue weighted by atomic mass is 127. The van der Waals surface area contributed by atoms with Crippen molar-refractivity contribution < 1.29 is 33.7 Å². The van der Waals surface area contributed by atoms with E-state index < -0.39 is 17.8 Å². The molecule has 0 aliphatic carbocycles. The minimum absolute atomic E-state index is 0.0616. The van der Waals surface area contributed by atoms with Crippen molar-refractivity contribution in [3.05, 3.63) is 86.5 Å². The zero-order chi connectivity index (χ0) is 26.9. The summed E-state index contributed by atoms with van der Waals surface area (Å²) in [6, 6.07) is 17.3. The molecule has 0 fully saturated rings. The number of hydrogen-bond donors (Lipinski definition) is 2. The quantitative estimate of drug-likeness (QED) is 0.111. The highest BCUT2D eigenvalue weighted by molar-refractivity contribution is 14.1. The number of para-hydroxylation sites is 1. The average molecular weight is 612 g/mol. The zero-order valence-corrected chi connectivity index (χ0v) is 21.9. The zero-order valence-electron chi connectivity index (χ0n) is 19.8. The number of carboxylic acid groups (broad SMARTS) is 1. The van der Waals surface area contributed by atoms with Crippen LogP contribution >= 0.6 is 22.6 Å². The number of carboxylic acids is 1. The van der Waals surface area contributed by atoms with Crippen LogP contribution in [0, 0.1) is 14.9 Å². The molecule has 10 heteroatoms. The van der Waals surface area contributed by atoms with E-state index in [0.717, 1.165) is 0 Å². The van der Waals surface area contributed by atoms with Crippen LogP contribution in [0.4, 0.5) is 5.69 Å². The summed E-state index contributed by atoms with van der Waals surface area (Å²) in [4.78, 5) is 36.8. The monoisotopic (exact) mass is 612 g/mol. The summed E-state index contributed by atoms with van der Waals surface area (Å²) in [6.07, 6.45) is 1.33. The summed E-state index contributed by atoms with van der Waals surface area (Å²) < 4.78 is 16.9. The first kappa shape index (κ1) is 27.2. The molecule has 0 unspecified atom stereocenters. The number of ether oxygens (including phenoxy) is 3. The van der Waals surface area contributed by atoms with Gasteiger partial charge in [0.15, 0.2) is 11.5 Å². The predicted octanol–water partition coefficient (Wildman–Crippen LogP) is 5.16. The van der Waals surface area contributed by atoms with Crippen molar-refractivity contribution in [1.82, 2.24) is 0 Å². The van der Waals surface area contributed by atoms with Crippen LogP contribution in [0.3, 0.4) is 0 Å². The van der Waals surface area contributed by atoms with Gasteiger partial charge in [-0.05, 0) is 89.7 Å². The fraction of sp³-hybridized carbons (Fsp3) is 0.111. The van der Waals surface area contributed by atoms with Crippen LogP contribution in [-0.2, 0) is 4.79 Å². The third-order valence-electron chi connectivity index (χ3n) is 4.93. The Kier molecular flexibility index (Phi) is 9.23. The van der Waals surface area contributed by atoms with E-state index in [1.54, 1.807) is 43.3 Å². The molecular weight excluding hydrogens is 591 g/mol. The average Bonchev–Trinajstić information content (AvgIpc) is 2.89. The second-order valence-electron chi connectivity index (χ2n) is 7.36. The molecule has 1 amide bonds. The third kappa shape index (κ3) is 6.86. The number of carbonyl (C=O) groups excluding carboxylic acids is 2. The number of nitrogens with one attached hydrogen (secondary N) is 1. The van der Waals surface area contributed by atoms with E-state index in [1.165, 1.54) is 37.5 Å². The van der Waals surface area contributed by atoms with Crippen LogP contribution in [0.25, 0.3) is 6.08 Å². The molecule has 0 aliphatic heterocycles. The van der Waals surface area contributed by atoms with Crippen LogP contribution in [0.1, 0.15) is 33.2 Å². The number of benzene rings is 3. The molecule has 3 aromatic rings. The molecule has 3 rings (SSSR count). The molecule has 3 aromatic carbocycles. The number of carbonyl (C=O) groups is 3. The van der Waals surface area contributed by atoms with Gasteiger partial charge < -0.3 is 24.6 Å². The van der Waals surface area contributed by atoms with Crippen LogP contribution in [0.15, 0.2) is 66.2 Å². The molecule has 0 atom stereocenters. The second kappa shape index (κ2) is 12.5. The van der Waals surface area contributed by atoms with Crippen molar-refractivity contribution in [2.45, 2.75) is 6.92 Å². The number of rotatable bonds is 9. The van der Waals surface area contributed by atoms with Gasteiger partial charge in [0.25, 0.3) is 5.91 Å². The van der Waals surface area contributed by atoms with Crippen LogP contribution in [0.5, 0.6) is 17.2 Å². The SMILES string of the molecule is CCOc1cc(/C=C(\C#N)C(=O)Nc2ccccc2C(=O)O)cc(I)c1OC(=O)c1ccc(OC)cc1. The van der Waals surface area contributed by atoms with E-state index in [2.05, 4.69) is 5.32 Å². The summed E-state index contributed by atoms with van der Waals surface area (Å²) in [6.45, 7) is 2.03. The first-order chi connectivity index (χ1) is 17.8. The van der Waals surface area contributed by atoms with Gasteiger partial charge in [0.1, 0.15) is 17.4 Å². The van der Waals surface area contributed by atoms with Gasteiger partial charge in [-0.1, -0.05) is 12.1 Å². The lowest BCUT2D eigenvalue weighted by Gasteiger charge is -2.14. The van der Waals surface area contributed by atoms with E-state index in [0.29, 0.717) is 20.4 Å². The number of nitriles is 1. The van der Waals surface area contributed by atoms with Crippen molar-refractivity contribution in [2.75, 3.05) is 19.0 Å². The van der Waals surface area contributed by atoms with Gasteiger partial charge in [0, 0.05) is 0 Å². The van der Waals surface area contributed by atoms with Gasteiger partial charge in [0.2, 0.25) is 0 Å². The number of anilines is 1. The van der Waals surface area contributed by atoms with E-state index >= 15 is 0 Å². The Hall–Kier alpha value is -4.37. The molecule has 2 N–H and O–H groups in total. The normalized spacial score (nSPS) is 10.7. The van der Waals surface area contributed by atoms with Gasteiger partial charge in [0.05, 0.1) is 34.1 Å². The van der Waals surface area contributed by atoms with Crippen molar-refractivity contribution in [1.29, 1.82) is 5.26 Å². The summed E-state index contributed by atoms with van der Waals surface area (Å²) >= 11 is 1.97. The molecule has 0 saturated carbocycles. The van der Waals surface area contributed by atoms with E-state index in [9.17, 15) is 24.8 Å². The molecule has 9 nitrogen and oxygen atoms in total. The molecule has 0 radical (unpaired) electrons. The topological polar surface area (TPSA) is 135 Å². The first-order valence-corrected chi connectivity index (χ1v) is 11.9. The molecule has 0 bridgehead atoms. The Bertz CT molecular complexity index is 1410. The van der Waals surface area contributed by atoms with Gasteiger partial charge in [-0.2, -0.15) is 5.26 Å². The van der Waals surface area contributed by atoms with Gasteiger partial charge in [-0.25, -0.2) is 9.59 Å². The van der Waals surface area contributed by atoms with Crippen molar-refractivity contribution in [3.63, 3.8) is 0 Å². The molecule has 0 saturated heterocycles. The summed E-state index contributed by atoms with van der Waals surface area (Å²) in [5, 5.41) is 21.4. The van der Waals surface area contributed by atoms with Crippen LogP contribution < -0.4 is 19.5 Å². The van der Waals surface area contributed by atoms with Gasteiger partial charge >= 0.3 is 11.9 Å². The Morgan fingerprint density at radius 1 is 1.11 bits per heavy atom. The first-order valence-electron chi connectivity index (χ1n) is 10.8. The smallest absolute Gasteiger partial charge is 0.343 e. The largest absolute Gasteiger partial charge is 0.497 e. The van der Waals surface area contributed by atoms with E-state index in [1.807, 2.05) is 28.7 Å². The lowest BCUT2D eigenvalue weighted by molar-refractivity contribution is -0.112. The number of aromatic carboxylic acids is 1. The van der Waals surface area contributed by atoms with Crippen molar-refractivity contribution >= 4 is 52.2 Å². The van der Waals surface area contributed by atoms with Crippen LogP contribution in [-0.4, -0.2) is 36.7 Å². The number of amides is 1. The highest BCUT2D eigenvalue weighted by Gasteiger charge is 2.19. The predicted molar refractivity (Wildman–Crippen MR) is 144 cm³/mol. The summed E-state index contributed by atoms with van der Waals surface area (Å²) in [5.41, 5.74) is 0.445. The minimum Gasteiger partial charge on any atom is -0.497 e. The molecule has 188 valence electrons. The summed E-state index contributed by atoms with van der Waals surface area (Å²) in [5.74, 6) is -1.55. The third-order valence-corrected chi connectivity index (χ3v) is 5.74. The van der Waals surface area contributed by atoms with Gasteiger partial charge in [-0.3, -0.25) is 4.79 Å². The molecule has 0 heterocycles. The number of methoxy groups -OCH3 is 1. The van der Waals surface area contributed by atoms with Gasteiger partial charge in [-0.15, -0.1) is 0 Å². The maximum atomic E-state index is 12.7. The molecule has 0 aromatic heterocycles. The summed E-state index contributed by atoms with van der Waals surface area (Å²) in [7, 11) is 1.52. The Morgan fingerprint density at radius 2 is 1.81 bits per heavy atom. The fourth-order valence-corrected chi connectivity index (χ4v) is 3.93. The van der Waals surface area contributed by atoms with Crippen molar-refractivity contribution in [2.24, 2.45) is 0 Å². The molecule has 37 heavy (non-hydrogen) atoms. The number of hydrogen-bond acceptors (Lipinski definition) is 7. The Morgan fingerprint density at radius 3 is 2.43 bits per heavy atom. The fourth-order valence-electron chi connectivity index (χ4n) is 3.20. The molecule has 0 aliphatic rings. The van der Waals surface area contributed by atoms with Crippen molar-refractivity contribution in [3.8, 4) is 23.3 Å². The number of esters is 1. The van der Waals surface area contributed by atoms with E-state index in [-0.39, 0.29) is 34.9 Å². The maximum absolute atomic E-state index is 12.7. The maximum Gasteiger partial charge on any atom is 0.343 e. The Balaban J connectivity index is 1.90. The van der Waals surface area contributed by atoms with Crippen LogP contribution in [0.2, 0.25) is 0 Å². The lowest BCUT2D eigenvalue weighted by atomic mass is 10.1. The molecule has 0 spiro atoms. The lowest BCUT2D eigenvalue weighted by Crippen LogP contribution is -2.16. The van der Waals surface area contributed by atoms with E-state index in [4.69, 9.17) is 14.2 Å². The molecular formula is C27H21IN2O7.